The second-order valence-corrected chi connectivity index (χ2v) is 4.10. The number of rotatable bonds is 2. The molecule has 18 heavy (non-hydrogen) atoms. The first kappa shape index (κ1) is 10.8. The van der Waals surface area contributed by atoms with E-state index in [1.807, 2.05) is 30.3 Å². The van der Waals surface area contributed by atoms with Crippen LogP contribution in [-0.2, 0) is 0 Å². The summed E-state index contributed by atoms with van der Waals surface area (Å²) >= 11 is 0. The van der Waals surface area contributed by atoms with Crippen molar-refractivity contribution >= 4 is 10.8 Å². The van der Waals surface area contributed by atoms with E-state index in [2.05, 4.69) is 23.2 Å². The van der Waals surface area contributed by atoms with E-state index in [-0.39, 0.29) is 0 Å². The molecule has 2 heteroatoms. The van der Waals surface area contributed by atoms with Gasteiger partial charge in [-0.15, -0.1) is 0 Å². The molecule has 88 valence electrons. The Labute approximate surface area is 106 Å². The highest BCUT2D eigenvalue weighted by molar-refractivity contribution is 5.99. The van der Waals surface area contributed by atoms with Crippen molar-refractivity contribution in [3.8, 4) is 16.9 Å². The number of ether oxygens (including phenoxy) is 1. The van der Waals surface area contributed by atoms with Gasteiger partial charge in [0.2, 0.25) is 0 Å². The summed E-state index contributed by atoms with van der Waals surface area (Å²) in [7, 11) is 1.70. The Hall–Kier alpha value is -2.35. The van der Waals surface area contributed by atoms with E-state index in [9.17, 15) is 0 Å². The molecule has 0 amide bonds. The maximum absolute atomic E-state index is 5.49. The third kappa shape index (κ3) is 1.72. The normalized spacial score (nSPS) is 10.5. The van der Waals surface area contributed by atoms with Crippen LogP contribution in [0.15, 0.2) is 60.9 Å². The van der Waals surface area contributed by atoms with Crippen molar-refractivity contribution in [1.82, 2.24) is 4.98 Å². The summed E-state index contributed by atoms with van der Waals surface area (Å²) in [5.41, 5.74) is 2.25. The number of nitrogens with zero attached hydrogens (tertiary/aromatic N) is 1. The molecule has 3 aromatic rings. The van der Waals surface area contributed by atoms with E-state index < -0.39 is 0 Å². The lowest BCUT2D eigenvalue weighted by Gasteiger charge is -2.12. The Bertz CT molecular complexity index is 677. The molecule has 0 aliphatic rings. The fraction of sp³-hybridized carbons (Fsp3) is 0.0625. The maximum Gasteiger partial charge on any atom is 0.127 e. The number of benzene rings is 2. The minimum atomic E-state index is 0.889. The van der Waals surface area contributed by atoms with Crippen molar-refractivity contribution in [2.75, 3.05) is 7.11 Å². The molecule has 0 saturated heterocycles. The zero-order valence-corrected chi connectivity index (χ0v) is 10.1. The van der Waals surface area contributed by atoms with Gasteiger partial charge in [0.1, 0.15) is 5.75 Å². The standard InChI is InChI=1S/C16H13NO/c1-18-15-7-6-12-4-2-3-5-14(12)16(15)13-8-10-17-11-9-13/h2-11H,1H3. The molecular weight excluding hydrogens is 222 g/mol. The summed E-state index contributed by atoms with van der Waals surface area (Å²) in [5.74, 6) is 0.889. The van der Waals surface area contributed by atoms with Crippen LogP contribution in [0.4, 0.5) is 0 Å². The molecule has 0 radical (unpaired) electrons. The summed E-state index contributed by atoms with van der Waals surface area (Å²) in [4.78, 5) is 4.07. The molecule has 1 heterocycles. The molecular formula is C16H13NO. The summed E-state index contributed by atoms with van der Waals surface area (Å²) in [5, 5.41) is 2.41. The Kier molecular flexibility index (Phi) is 2.69. The minimum Gasteiger partial charge on any atom is -0.496 e. The molecule has 0 N–H and O–H groups in total. The van der Waals surface area contributed by atoms with E-state index in [0.717, 1.165) is 16.9 Å². The SMILES string of the molecule is COc1ccc2ccccc2c1-c1ccncc1. The van der Waals surface area contributed by atoms with Gasteiger partial charge in [-0.2, -0.15) is 0 Å². The predicted octanol–water partition coefficient (Wildman–Crippen LogP) is 3.91. The second-order valence-electron chi connectivity index (χ2n) is 4.10. The summed E-state index contributed by atoms with van der Waals surface area (Å²) < 4.78 is 5.49. The number of fused-ring (bicyclic) bond motifs is 1. The van der Waals surface area contributed by atoms with Crippen molar-refractivity contribution in [2.24, 2.45) is 0 Å². The van der Waals surface area contributed by atoms with Gasteiger partial charge in [-0.3, -0.25) is 4.98 Å². The topological polar surface area (TPSA) is 22.1 Å². The Morgan fingerprint density at radius 1 is 0.889 bits per heavy atom. The number of hydrogen-bond donors (Lipinski definition) is 0. The molecule has 0 atom stereocenters. The van der Waals surface area contributed by atoms with Crippen LogP contribution in [-0.4, -0.2) is 12.1 Å². The molecule has 2 aromatic carbocycles. The Morgan fingerprint density at radius 2 is 1.67 bits per heavy atom. The van der Waals surface area contributed by atoms with Gasteiger partial charge in [-0.25, -0.2) is 0 Å². The van der Waals surface area contributed by atoms with Gasteiger partial charge in [0.05, 0.1) is 7.11 Å². The van der Waals surface area contributed by atoms with Crippen molar-refractivity contribution in [2.45, 2.75) is 0 Å². The smallest absolute Gasteiger partial charge is 0.127 e. The van der Waals surface area contributed by atoms with Gasteiger partial charge in [-0.05, 0) is 34.5 Å². The first-order valence-electron chi connectivity index (χ1n) is 5.86. The van der Waals surface area contributed by atoms with Gasteiger partial charge < -0.3 is 4.74 Å². The van der Waals surface area contributed by atoms with Crippen molar-refractivity contribution in [1.29, 1.82) is 0 Å². The van der Waals surface area contributed by atoms with E-state index in [0.29, 0.717) is 0 Å². The fourth-order valence-corrected chi connectivity index (χ4v) is 2.24. The first-order chi connectivity index (χ1) is 8.90. The molecule has 0 fully saturated rings. The van der Waals surface area contributed by atoms with Crippen LogP contribution in [0, 0.1) is 0 Å². The third-order valence-electron chi connectivity index (χ3n) is 3.08. The largest absolute Gasteiger partial charge is 0.496 e. The number of methoxy groups -OCH3 is 1. The van der Waals surface area contributed by atoms with Crippen LogP contribution >= 0.6 is 0 Å². The second kappa shape index (κ2) is 4.49. The lowest BCUT2D eigenvalue weighted by atomic mass is 9.98. The van der Waals surface area contributed by atoms with Gasteiger partial charge in [0.15, 0.2) is 0 Å². The van der Waals surface area contributed by atoms with Crippen LogP contribution < -0.4 is 4.74 Å². The summed E-state index contributed by atoms with van der Waals surface area (Å²) in [6.07, 6.45) is 3.60. The van der Waals surface area contributed by atoms with Crippen molar-refractivity contribution in [3.63, 3.8) is 0 Å². The maximum atomic E-state index is 5.49. The Morgan fingerprint density at radius 3 is 2.44 bits per heavy atom. The van der Waals surface area contributed by atoms with Crippen LogP contribution in [0.1, 0.15) is 0 Å². The van der Waals surface area contributed by atoms with Crippen LogP contribution in [0.25, 0.3) is 21.9 Å². The highest BCUT2D eigenvalue weighted by Crippen LogP contribution is 2.36. The minimum absolute atomic E-state index is 0.889. The van der Waals surface area contributed by atoms with Gasteiger partial charge in [0.25, 0.3) is 0 Å². The van der Waals surface area contributed by atoms with E-state index in [1.165, 1.54) is 10.8 Å². The average molecular weight is 235 g/mol. The molecule has 0 spiro atoms. The molecule has 0 bridgehead atoms. The molecule has 0 aliphatic carbocycles. The van der Waals surface area contributed by atoms with Crippen LogP contribution in [0.3, 0.4) is 0 Å². The van der Waals surface area contributed by atoms with Crippen LogP contribution in [0.2, 0.25) is 0 Å². The molecule has 2 nitrogen and oxygen atoms in total. The Balaban J connectivity index is 2.38. The fourth-order valence-electron chi connectivity index (χ4n) is 2.24. The quantitative estimate of drug-likeness (QED) is 0.671. The van der Waals surface area contributed by atoms with Gasteiger partial charge >= 0.3 is 0 Å². The first-order valence-corrected chi connectivity index (χ1v) is 5.86. The monoisotopic (exact) mass is 235 g/mol. The van der Waals surface area contributed by atoms with Crippen LogP contribution in [0.5, 0.6) is 5.75 Å². The highest BCUT2D eigenvalue weighted by Gasteiger charge is 2.09. The molecule has 0 saturated carbocycles. The van der Waals surface area contributed by atoms with E-state index in [4.69, 9.17) is 4.74 Å². The zero-order valence-electron chi connectivity index (χ0n) is 10.1. The third-order valence-corrected chi connectivity index (χ3v) is 3.08. The lowest BCUT2D eigenvalue weighted by Crippen LogP contribution is -1.89. The molecule has 0 aliphatic heterocycles. The lowest BCUT2D eigenvalue weighted by molar-refractivity contribution is 0.417. The van der Waals surface area contributed by atoms with E-state index in [1.54, 1.807) is 19.5 Å². The molecule has 3 rings (SSSR count). The number of pyridine rings is 1. The average Bonchev–Trinajstić information content (AvgIpc) is 2.47. The zero-order chi connectivity index (χ0) is 12.4. The van der Waals surface area contributed by atoms with Gasteiger partial charge in [-0.1, -0.05) is 30.3 Å². The number of aromatic nitrogens is 1. The van der Waals surface area contributed by atoms with Crippen molar-refractivity contribution < 1.29 is 4.74 Å². The van der Waals surface area contributed by atoms with Crippen molar-refractivity contribution in [3.05, 3.63) is 60.9 Å². The summed E-state index contributed by atoms with van der Waals surface area (Å²) in [6, 6.07) is 16.4. The predicted molar refractivity (Wildman–Crippen MR) is 73.7 cm³/mol. The highest BCUT2D eigenvalue weighted by atomic mass is 16.5. The van der Waals surface area contributed by atoms with E-state index >= 15 is 0 Å². The van der Waals surface area contributed by atoms with Gasteiger partial charge in [0, 0.05) is 18.0 Å². The molecule has 0 unspecified atom stereocenters. The molecule has 1 aromatic heterocycles. The summed E-state index contributed by atoms with van der Waals surface area (Å²) in [6.45, 7) is 0. The number of hydrogen-bond acceptors (Lipinski definition) is 2.